The molecule has 1 aromatic heterocycles. The van der Waals surface area contributed by atoms with Gasteiger partial charge in [-0.3, -0.25) is 10.1 Å². The first kappa shape index (κ1) is 12.2. The summed E-state index contributed by atoms with van der Waals surface area (Å²) in [4.78, 5) is 11.7. The van der Waals surface area contributed by atoms with Gasteiger partial charge < -0.3 is 9.73 Å². The average molecular weight is 236 g/mol. The lowest BCUT2D eigenvalue weighted by Crippen LogP contribution is -2.28. The van der Waals surface area contributed by atoms with E-state index in [1.807, 2.05) is 19.1 Å². The van der Waals surface area contributed by atoms with Crippen molar-refractivity contribution in [3.63, 3.8) is 0 Å². The molecule has 1 fully saturated rings. The molecule has 0 aliphatic carbocycles. The minimum Gasteiger partial charge on any atom is -0.463 e. The summed E-state index contributed by atoms with van der Waals surface area (Å²) in [6, 6.07) is 3.74. The van der Waals surface area contributed by atoms with E-state index in [0.29, 0.717) is 0 Å². The predicted molar refractivity (Wildman–Crippen MR) is 65.4 cm³/mol. The zero-order valence-electron chi connectivity index (χ0n) is 10.5. The normalized spacial score (nSPS) is 24.0. The smallest absolute Gasteiger partial charge is 0.238 e. The highest BCUT2D eigenvalue weighted by atomic mass is 16.3. The molecule has 94 valence electrons. The van der Waals surface area contributed by atoms with Gasteiger partial charge in [0, 0.05) is 0 Å². The average Bonchev–Trinajstić information content (AvgIpc) is 2.86. The summed E-state index contributed by atoms with van der Waals surface area (Å²) in [6.07, 6.45) is 4.18. The van der Waals surface area contributed by atoms with Crippen molar-refractivity contribution in [2.24, 2.45) is 0 Å². The molecule has 0 aromatic carbocycles. The highest BCUT2D eigenvalue weighted by Crippen LogP contribution is 2.20. The van der Waals surface area contributed by atoms with E-state index in [0.717, 1.165) is 24.4 Å². The molecule has 2 N–H and O–H groups in total. The van der Waals surface area contributed by atoms with Crippen molar-refractivity contribution < 1.29 is 9.21 Å². The molecule has 0 radical (unpaired) electrons. The van der Waals surface area contributed by atoms with Crippen LogP contribution in [0.15, 0.2) is 16.5 Å². The highest BCUT2D eigenvalue weighted by Gasteiger charge is 2.32. The third-order valence-corrected chi connectivity index (χ3v) is 3.11. The Morgan fingerprint density at radius 2 is 2.18 bits per heavy atom. The van der Waals surface area contributed by atoms with Crippen molar-refractivity contribution in [2.75, 3.05) is 0 Å². The fraction of sp³-hybridized carbons (Fsp3) is 0.615. The maximum absolute atomic E-state index is 11.7. The molecule has 4 nitrogen and oxygen atoms in total. The molecular formula is C13H20N2O2. The quantitative estimate of drug-likeness (QED) is 0.771. The van der Waals surface area contributed by atoms with Crippen molar-refractivity contribution in [1.82, 2.24) is 10.6 Å². The summed E-state index contributed by atoms with van der Waals surface area (Å²) in [5.74, 6) is 1.74. The second-order valence-corrected chi connectivity index (χ2v) is 4.61. The highest BCUT2D eigenvalue weighted by molar-refractivity contribution is 5.84. The van der Waals surface area contributed by atoms with Crippen molar-refractivity contribution in [1.29, 1.82) is 0 Å². The molecule has 2 atom stereocenters. The number of carbonyl (C=O) groups excluding carboxylic acids is 1. The lowest BCUT2D eigenvalue weighted by Gasteiger charge is -2.09. The Morgan fingerprint density at radius 3 is 2.82 bits per heavy atom. The third-order valence-electron chi connectivity index (χ3n) is 3.11. The molecule has 1 amide bonds. The summed E-state index contributed by atoms with van der Waals surface area (Å²) >= 11 is 0. The molecule has 0 spiro atoms. The standard InChI is InChI=1S/C13H20N2O2/c1-3-4-5-6-10-13(16)15-12(14-10)11-8-7-9(2)17-11/h7-8,10,12,14H,3-6H2,1-2H3,(H,15,16)/t10-,12-/m1/s1. The van der Waals surface area contributed by atoms with Crippen LogP contribution < -0.4 is 10.6 Å². The van der Waals surface area contributed by atoms with Crippen LogP contribution in [0.5, 0.6) is 0 Å². The van der Waals surface area contributed by atoms with Crippen LogP contribution in [-0.4, -0.2) is 11.9 Å². The van der Waals surface area contributed by atoms with E-state index < -0.39 is 0 Å². The van der Waals surface area contributed by atoms with Crippen LogP contribution in [0.25, 0.3) is 0 Å². The van der Waals surface area contributed by atoms with Crippen molar-refractivity contribution in [3.8, 4) is 0 Å². The summed E-state index contributed by atoms with van der Waals surface area (Å²) in [5, 5.41) is 6.19. The number of furan rings is 1. The molecule has 1 saturated heterocycles. The van der Waals surface area contributed by atoms with E-state index >= 15 is 0 Å². The number of rotatable bonds is 5. The molecule has 2 rings (SSSR count). The van der Waals surface area contributed by atoms with Crippen LogP contribution in [0, 0.1) is 6.92 Å². The summed E-state index contributed by atoms with van der Waals surface area (Å²) in [7, 11) is 0. The van der Waals surface area contributed by atoms with Gasteiger partial charge >= 0.3 is 0 Å². The van der Waals surface area contributed by atoms with Gasteiger partial charge in [-0.2, -0.15) is 0 Å². The van der Waals surface area contributed by atoms with Gasteiger partial charge in [0.1, 0.15) is 17.7 Å². The number of unbranched alkanes of at least 4 members (excludes halogenated alkanes) is 2. The number of nitrogens with one attached hydrogen (secondary N) is 2. The molecule has 2 heterocycles. The van der Waals surface area contributed by atoms with Gasteiger partial charge in [0.2, 0.25) is 5.91 Å². The van der Waals surface area contributed by atoms with Gasteiger partial charge in [0.15, 0.2) is 0 Å². The first-order chi connectivity index (χ1) is 8.20. The number of amides is 1. The lowest BCUT2D eigenvalue weighted by atomic mass is 10.1. The number of hydrogen-bond donors (Lipinski definition) is 2. The van der Waals surface area contributed by atoms with Crippen LogP contribution in [-0.2, 0) is 4.79 Å². The minimum absolute atomic E-state index is 0.0723. The maximum Gasteiger partial charge on any atom is 0.238 e. The fourth-order valence-corrected chi connectivity index (χ4v) is 2.14. The van der Waals surface area contributed by atoms with Crippen LogP contribution in [0.3, 0.4) is 0 Å². The third kappa shape index (κ3) is 2.88. The van der Waals surface area contributed by atoms with Crippen LogP contribution in [0.2, 0.25) is 0 Å². The van der Waals surface area contributed by atoms with Crippen molar-refractivity contribution in [3.05, 3.63) is 23.7 Å². The summed E-state index contributed by atoms with van der Waals surface area (Å²) in [6.45, 7) is 4.07. The number of carbonyl (C=O) groups is 1. The topological polar surface area (TPSA) is 54.3 Å². The molecule has 0 unspecified atom stereocenters. The van der Waals surface area contributed by atoms with E-state index in [1.54, 1.807) is 0 Å². The van der Waals surface area contributed by atoms with Crippen molar-refractivity contribution >= 4 is 5.91 Å². The summed E-state index contributed by atoms with van der Waals surface area (Å²) in [5.41, 5.74) is 0. The van der Waals surface area contributed by atoms with Crippen LogP contribution in [0.1, 0.15) is 50.3 Å². The molecule has 1 aromatic rings. The molecule has 1 aliphatic heterocycles. The van der Waals surface area contributed by atoms with Gasteiger partial charge in [0.05, 0.1) is 6.04 Å². The fourth-order valence-electron chi connectivity index (χ4n) is 2.14. The SMILES string of the molecule is CCCCC[C@H]1N[C@@H](c2ccc(C)o2)NC1=O. The molecule has 4 heteroatoms. The Kier molecular flexibility index (Phi) is 3.84. The zero-order chi connectivity index (χ0) is 12.3. The first-order valence-electron chi connectivity index (χ1n) is 6.33. The first-order valence-corrected chi connectivity index (χ1v) is 6.33. The lowest BCUT2D eigenvalue weighted by molar-refractivity contribution is -0.120. The van der Waals surface area contributed by atoms with Gasteiger partial charge in [-0.05, 0) is 25.5 Å². The maximum atomic E-state index is 11.7. The molecular weight excluding hydrogens is 216 g/mol. The Balaban J connectivity index is 1.90. The van der Waals surface area contributed by atoms with Crippen LogP contribution in [0.4, 0.5) is 0 Å². The van der Waals surface area contributed by atoms with Crippen molar-refractivity contribution in [2.45, 2.75) is 51.7 Å². The van der Waals surface area contributed by atoms with Gasteiger partial charge in [-0.25, -0.2) is 0 Å². The monoisotopic (exact) mass is 236 g/mol. The number of aryl methyl sites for hydroxylation is 1. The Hall–Kier alpha value is -1.29. The van der Waals surface area contributed by atoms with E-state index in [1.165, 1.54) is 12.8 Å². The van der Waals surface area contributed by atoms with Gasteiger partial charge in [-0.1, -0.05) is 26.2 Å². The van der Waals surface area contributed by atoms with E-state index in [4.69, 9.17) is 4.42 Å². The molecule has 0 bridgehead atoms. The predicted octanol–water partition coefficient (Wildman–Crippen LogP) is 2.25. The second kappa shape index (κ2) is 5.36. The van der Waals surface area contributed by atoms with E-state index in [-0.39, 0.29) is 18.1 Å². The molecule has 17 heavy (non-hydrogen) atoms. The second-order valence-electron chi connectivity index (χ2n) is 4.61. The van der Waals surface area contributed by atoms with E-state index in [2.05, 4.69) is 17.6 Å². The summed E-state index contributed by atoms with van der Waals surface area (Å²) < 4.78 is 5.51. The van der Waals surface area contributed by atoms with E-state index in [9.17, 15) is 4.79 Å². The Labute approximate surface area is 102 Å². The Bertz CT molecular complexity index is 387. The van der Waals surface area contributed by atoms with Gasteiger partial charge in [0.25, 0.3) is 0 Å². The largest absolute Gasteiger partial charge is 0.463 e. The van der Waals surface area contributed by atoms with Gasteiger partial charge in [-0.15, -0.1) is 0 Å². The zero-order valence-corrected chi connectivity index (χ0v) is 10.5. The minimum atomic E-state index is -0.164. The van der Waals surface area contributed by atoms with Crippen LogP contribution >= 0.6 is 0 Å². The molecule has 0 saturated carbocycles. The Morgan fingerprint density at radius 1 is 1.35 bits per heavy atom. The molecule has 1 aliphatic rings. The number of hydrogen-bond acceptors (Lipinski definition) is 3.